The van der Waals surface area contributed by atoms with Gasteiger partial charge in [-0.2, -0.15) is 0 Å². The molecule has 0 amide bonds. The standard InChI is InChI=1S/C6H2Cl2F2N2O4S/c7-4-2(5(9)10)1-3(17(8,15)16)6(11-4)12(13)14/h1,5H. The third-order valence-electron chi connectivity index (χ3n) is 1.62. The number of halogens is 4. The number of aromatic nitrogens is 1. The first-order valence-corrected chi connectivity index (χ1v) is 6.41. The maximum absolute atomic E-state index is 12.4. The summed E-state index contributed by atoms with van der Waals surface area (Å²) in [5.74, 6) is -1.20. The average Bonchev–Trinajstić information content (AvgIpc) is 2.14. The quantitative estimate of drug-likeness (QED) is 0.370. The molecular formula is C6H2Cl2F2N2O4S. The first-order chi connectivity index (χ1) is 7.64. The molecule has 0 aliphatic heterocycles. The highest BCUT2D eigenvalue weighted by molar-refractivity contribution is 8.13. The Kier molecular flexibility index (Phi) is 3.84. The van der Waals surface area contributed by atoms with E-state index in [9.17, 15) is 27.3 Å². The average molecular weight is 307 g/mol. The third kappa shape index (κ3) is 2.99. The highest BCUT2D eigenvalue weighted by Gasteiger charge is 2.31. The molecule has 1 heterocycles. The van der Waals surface area contributed by atoms with Crippen LogP contribution in [0.1, 0.15) is 12.0 Å². The fourth-order valence-corrected chi connectivity index (χ4v) is 2.10. The number of hydrogen-bond donors (Lipinski definition) is 0. The van der Waals surface area contributed by atoms with Gasteiger partial charge in [0.05, 0.1) is 5.56 Å². The van der Waals surface area contributed by atoms with Crippen molar-refractivity contribution in [3.05, 3.63) is 26.9 Å². The van der Waals surface area contributed by atoms with Gasteiger partial charge in [0.25, 0.3) is 20.6 Å². The van der Waals surface area contributed by atoms with E-state index in [0.29, 0.717) is 6.07 Å². The molecule has 0 saturated carbocycles. The van der Waals surface area contributed by atoms with Crippen molar-refractivity contribution in [2.24, 2.45) is 0 Å². The Hall–Kier alpha value is -1.06. The van der Waals surface area contributed by atoms with Gasteiger partial charge in [-0.1, -0.05) is 0 Å². The summed E-state index contributed by atoms with van der Waals surface area (Å²) in [5.41, 5.74) is -0.948. The van der Waals surface area contributed by atoms with Gasteiger partial charge in [0.2, 0.25) is 0 Å². The molecular weight excluding hydrogens is 305 g/mol. The molecule has 0 spiro atoms. The number of alkyl halides is 2. The summed E-state index contributed by atoms with van der Waals surface area (Å²) in [4.78, 5) is 11.2. The van der Waals surface area contributed by atoms with Crippen LogP contribution < -0.4 is 0 Å². The molecule has 0 aliphatic carbocycles. The minimum atomic E-state index is -4.58. The zero-order valence-corrected chi connectivity index (χ0v) is 9.93. The van der Waals surface area contributed by atoms with E-state index < -0.39 is 41.8 Å². The van der Waals surface area contributed by atoms with E-state index in [-0.39, 0.29) is 0 Å². The molecule has 1 aromatic heterocycles. The van der Waals surface area contributed by atoms with Crippen LogP contribution in [0.2, 0.25) is 5.15 Å². The topological polar surface area (TPSA) is 90.2 Å². The lowest BCUT2D eigenvalue weighted by atomic mass is 10.3. The van der Waals surface area contributed by atoms with E-state index >= 15 is 0 Å². The molecule has 0 aromatic carbocycles. The van der Waals surface area contributed by atoms with Gasteiger partial charge in [0, 0.05) is 10.7 Å². The van der Waals surface area contributed by atoms with Crippen LogP contribution in [0.5, 0.6) is 0 Å². The van der Waals surface area contributed by atoms with Gasteiger partial charge in [-0.05, 0) is 27.6 Å². The molecule has 0 saturated heterocycles. The number of pyridine rings is 1. The second-order valence-electron chi connectivity index (χ2n) is 2.69. The van der Waals surface area contributed by atoms with Gasteiger partial charge < -0.3 is 10.1 Å². The molecule has 11 heteroatoms. The van der Waals surface area contributed by atoms with Gasteiger partial charge in [-0.3, -0.25) is 0 Å². The lowest BCUT2D eigenvalue weighted by Crippen LogP contribution is -2.04. The van der Waals surface area contributed by atoms with Crippen molar-refractivity contribution >= 4 is 37.2 Å². The van der Waals surface area contributed by atoms with Gasteiger partial charge in [0.1, 0.15) is 0 Å². The summed E-state index contributed by atoms with van der Waals surface area (Å²) in [6, 6.07) is 0.334. The van der Waals surface area contributed by atoms with Crippen LogP contribution in [0.25, 0.3) is 0 Å². The molecule has 0 unspecified atom stereocenters. The molecule has 6 nitrogen and oxygen atoms in total. The fraction of sp³-hybridized carbons (Fsp3) is 0.167. The third-order valence-corrected chi connectivity index (χ3v) is 3.25. The smallest absolute Gasteiger partial charge is 0.358 e. The maximum atomic E-state index is 12.4. The monoisotopic (exact) mass is 306 g/mol. The van der Waals surface area contributed by atoms with Crippen LogP contribution in [-0.2, 0) is 9.05 Å². The fourth-order valence-electron chi connectivity index (χ4n) is 0.941. The number of nitrogens with zero attached hydrogens (tertiary/aromatic N) is 2. The number of nitro groups is 1. The molecule has 1 rings (SSSR count). The van der Waals surface area contributed by atoms with Crippen LogP contribution in [0.15, 0.2) is 11.0 Å². The highest BCUT2D eigenvalue weighted by atomic mass is 35.7. The van der Waals surface area contributed by atoms with Crippen LogP contribution in [0.4, 0.5) is 14.6 Å². The minimum Gasteiger partial charge on any atom is -0.358 e. The lowest BCUT2D eigenvalue weighted by Gasteiger charge is -2.03. The summed E-state index contributed by atoms with van der Waals surface area (Å²) in [7, 11) is 0.301. The van der Waals surface area contributed by atoms with Gasteiger partial charge in [-0.15, -0.1) is 0 Å². The summed E-state index contributed by atoms with van der Waals surface area (Å²) in [5, 5.41) is 9.62. The SMILES string of the molecule is O=[N+]([O-])c1nc(Cl)c(C(F)F)cc1S(=O)(=O)Cl. The molecule has 0 atom stereocenters. The summed E-state index contributed by atoms with van der Waals surface area (Å²) < 4.78 is 46.7. The molecule has 17 heavy (non-hydrogen) atoms. The van der Waals surface area contributed by atoms with E-state index in [1.54, 1.807) is 0 Å². The van der Waals surface area contributed by atoms with Crippen molar-refractivity contribution in [3.63, 3.8) is 0 Å². The summed E-state index contributed by atoms with van der Waals surface area (Å²) >= 11 is 5.26. The zero-order valence-electron chi connectivity index (χ0n) is 7.60. The molecule has 0 radical (unpaired) electrons. The lowest BCUT2D eigenvalue weighted by molar-refractivity contribution is -0.392. The first-order valence-electron chi connectivity index (χ1n) is 3.72. The minimum absolute atomic E-state index is 0.334. The van der Waals surface area contributed by atoms with E-state index in [2.05, 4.69) is 4.98 Å². The largest absolute Gasteiger partial charge is 0.385 e. The molecule has 0 N–H and O–H groups in total. The summed E-state index contributed by atoms with van der Waals surface area (Å²) in [6.07, 6.45) is -3.13. The molecule has 0 aliphatic rings. The number of hydrogen-bond acceptors (Lipinski definition) is 5. The van der Waals surface area contributed by atoms with Crippen molar-refractivity contribution in [3.8, 4) is 0 Å². The van der Waals surface area contributed by atoms with Crippen LogP contribution in [0.3, 0.4) is 0 Å². The highest BCUT2D eigenvalue weighted by Crippen LogP contribution is 2.33. The number of rotatable bonds is 3. The molecule has 0 fully saturated rings. The Morgan fingerprint density at radius 2 is 2.00 bits per heavy atom. The normalized spacial score (nSPS) is 11.8. The Bertz CT molecular complexity index is 578. The first kappa shape index (κ1) is 14.0. The Labute approximate surface area is 103 Å². The second kappa shape index (κ2) is 4.67. The van der Waals surface area contributed by atoms with Crippen molar-refractivity contribution < 1.29 is 22.1 Å². The van der Waals surface area contributed by atoms with Gasteiger partial charge >= 0.3 is 5.82 Å². The Morgan fingerprint density at radius 3 is 2.35 bits per heavy atom. The van der Waals surface area contributed by atoms with E-state index in [1.807, 2.05) is 0 Å². The zero-order chi connectivity index (χ0) is 13.4. The van der Waals surface area contributed by atoms with Gasteiger partial charge in [0.15, 0.2) is 4.90 Å². The predicted molar refractivity (Wildman–Crippen MR) is 53.9 cm³/mol. The van der Waals surface area contributed by atoms with Crippen molar-refractivity contribution in [2.45, 2.75) is 11.3 Å². The Balaban J connectivity index is 3.66. The maximum Gasteiger partial charge on any atom is 0.385 e. The predicted octanol–water partition coefficient (Wildman–Crippen LogP) is 2.51. The van der Waals surface area contributed by atoms with Crippen LogP contribution >= 0.6 is 22.3 Å². The van der Waals surface area contributed by atoms with Crippen molar-refractivity contribution in [1.82, 2.24) is 4.98 Å². The van der Waals surface area contributed by atoms with Crippen LogP contribution in [-0.4, -0.2) is 18.3 Å². The summed E-state index contributed by atoms with van der Waals surface area (Å²) in [6.45, 7) is 0. The van der Waals surface area contributed by atoms with Gasteiger partial charge in [-0.25, -0.2) is 17.2 Å². The van der Waals surface area contributed by atoms with Crippen molar-refractivity contribution in [2.75, 3.05) is 0 Å². The molecule has 0 bridgehead atoms. The molecule has 1 aromatic rings. The van der Waals surface area contributed by atoms with Crippen molar-refractivity contribution in [1.29, 1.82) is 0 Å². The second-order valence-corrected chi connectivity index (χ2v) is 5.58. The Morgan fingerprint density at radius 1 is 1.47 bits per heavy atom. The van der Waals surface area contributed by atoms with Crippen LogP contribution in [0, 0.1) is 10.1 Å². The van der Waals surface area contributed by atoms with E-state index in [1.165, 1.54) is 0 Å². The van der Waals surface area contributed by atoms with E-state index in [0.717, 1.165) is 0 Å². The molecule has 94 valence electrons. The van der Waals surface area contributed by atoms with E-state index in [4.69, 9.17) is 22.3 Å².